The number of anilines is 3. The molecule has 1 aliphatic heterocycles. The van der Waals surface area contributed by atoms with Crippen LogP contribution in [0.3, 0.4) is 0 Å². The van der Waals surface area contributed by atoms with Crippen molar-refractivity contribution in [1.82, 2.24) is 0 Å². The van der Waals surface area contributed by atoms with Crippen LogP contribution in [0.25, 0.3) is 82.8 Å². The van der Waals surface area contributed by atoms with E-state index in [0.29, 0.717) is 0 Å². The zero-order chi connectivity index (χ0) is 53.1. The fraction of sp³-hybridized carbons (Fsp3) is 0.143. The molecule has 0 saturated carbocycles. The summed E-state index contributed by atoms with van der Waals surface area (Å²) >= 11 is 0. The van der Waals surface area contributed by atoms with Gasteiger partial charge in [-0.25, -0.2) is 0 Å². The van der Waals surface area contributed by atoms with Crippen molar-refractivity contribution in [3.63, 3.8) is 0 Å². The maximum Gasteiger partial charge on any atom is 0.128 e. The van der Waals surface area contributed by atoms with E-state index in [1.54, 1.807) is 0 Å². The molecule has 16 rings (SSSR count). The summed E-state index contributed by atoms with van der Waals surface area (Å²) < 4.78 is 6.36. The lowest BCUT2D eigenvalue weighted by molar-refractivity contribution is 0.269. The lowest BCUT2D eigenvalue weighted by Gasteiger charge is -2.31. The number of para-hydroxylation sites is 1. The topological polar surface area (TPSA) is 12.5 Å². The third-order valence-corrected chi connectivity index (χ3v) is 19.0. The summed E-state index contributed by atoms with van der Waals surface area (Å²) in [7, 11) is 0. The van der Waals surface area contributed by atoms with Crippen LogP contribution < -0.4 is 9.64 Å². The minimum atomic E-state index is -0.248. The molecule has 0 bridgehead atoms. The molecule has 1 heterocycles. The molecule has 5 aliphatic rings. The minimum Gasteiger partial charge on any atom is -0.485 e. The Morgan fingerprint density at radius 3 is 1.19 bits per heavy atom. The van der Waals surface area contributed by atoms with Crippen molar-refractivity contribution < 1.29 is 4.74 Å². The summed E-state index contributed by atoms with van der Waals surface area (Å²) in [5.41, 5.74) is 27.5. The van der Waals surface area contributed by atoms with Crippen LogP contribution in [-0.2, 0) is 16.2 Å². The van der Waals surface area contributed by atoms with Gasteiger partial charge in [0.25, 0.3) is 0 Å². The standard InChI is InChI=1S/C77H59NO/c1-75(2)67-40-53(50-21-19-46-13-7-9-15-48(46)37-50)23-30-59(67)62-33-27-56(43-70(62)75)78(57-28-34-63-60-31-24-54(41-68(60)76(3,4)71(63)44-57)51-22-20-47-14-8-10-16-49(47)38-51)58-29-35-64-61-32-25-55(42-69(61)77(5,6)72(64)45-58)52-26-36-74-66(39-52)65-17-11-12-18-73(65)79-74/h7-45,66,74H,1-6H3. The molecule has 2 heteroatoms. The van der Waals surface area contributed by atoms with Crippen molar-refractivity contribution in [1.29, 1.82) is 0 Å². The van der Waals surface area contributed by atoms with Crippen LogP contribution in [0, 0.1) is 0 Å². The van der Waals surface area contributed by atoms with E-state index in [0.717, 1.165) is 22.8 Å². The summed E-state index contributed by atoms with van der Waals surface area (Å²) in [6.45, 7) is 14.5. The molecule has 0 fully saturated rings. The van der Waals surface area contributed by atoms with Gasteiger partial charge in [0, 0.05) is 44.8 Å². The van der Waals surface area contributed by atoms with E-state index < -0.39 is 0 Å². The number of ether oxygens (including phenoxy) is 1. The van der Waals surface area contributed by atoms with E-state index in [4.69, 9.17) is 4.74 Å². The number of rotatable bonds is 6. The highest BCUT2D eigenvalue weighted by Gasteiger charge is 2.41. The average molecular weight is 1010 g/mol. The predicted molar refractivity (Wildman–Crippen MR) is 330 cm³/mol. The van der Waals surface area contributed by atoms with Gasteiger partial charge in [0.05, 0.1) is 0 Å². The second-order valence-corrected chi connectivity index (χ2v) is 24.4. The van der Waals surface area contributed by atoms with Crippen molar-refractivity contribution in [2.75, 3.05) is 4.90 Å². The Morgan fingerprint density at radius 1 is 0.342 bits per heavy atom. The second kappa shape index (κ2) is 16.5. The molecule has 2 atom stereocenters. The van der Waals surface area contributed by atoms with Crippen LogP contribution in [0.15, 0.2) is 237 Å². The van der Waals surface area contributed by atoms with Gasteiger partial charge in [0.2, 0.25) is 0 Å². The van der Waals surface area contributed by atoms with Gasteiger partial charge in [-0.15, -0.1) is 0 Å². The Hall–Kier alpha value is -8.98. The van der Waals surface area contributed by atoms with Crippen LogP contribution in [0.4, 0.5) is 17.1 Å². The van der Waals surface area contributed by atoms with Gasteiger partial charge in [-0.05, 0) is 201 Å². The zero-order valence-corrected chi connectivity index (χ0v) is 45.5. The van der Waals surface area contributed by atoms with Crippen LogP contribution in [0.5, 0.6) is 5.75 Å². The summed E-state index contributed by atoms with van der Waals surface area (Å²) in [5, 5.41) is 5.06. The first-order valence-corrected chi connectivity index (χ1v) is 28.2. The van der Waals surface area contributed by atoms with Gasteiger partial charge < -0.3 is 9.64 Å². The maximum atomic E-state index is 6.36. The molecule has 2 nitrogen and oxygen atoms in total. The van der Waals surface area contributed by atoms with Crippen molar-refractivity contribution in [3.05, 3.63) is 281 Å². The molecule has 0 spiro atoms. The molecular weight excluding hydrogens is 955 g/mol. The van der Waals surface area contributed by atoms with E-state index in [1.807, 2.05) is 0 Å². The largest absolute Gasteiger partial charge is 0.485 e. The Labute approximate surface area is 463 Å². The number of nitrogens with zero attached hydrogens (tertiary/aromatic N) is 1. The molecule has 0 amide bonds. The normalized spacial score (nSPS) is 17.7. The highest BCUT2D eigenvalue weighted by molar-refractivity contribution is 5.94. The lowest BCUT2D eigenvalue weighted by atomic mass is 9.80. The number of allylic oxidation sites excluding steroid dienone is 2. The fourth-order valence-electron chi connectivity index (χ4n) is 14.6. The van der Waals surface area contributed by atoms with Gasteiger partial charge >= 0.3 is 0 Å². The van der Waals surface area contributed by atoms with E-state index in [9.17, 15) is 0 Å². The molecule has 0 aromatic heterocycles. The van der Waals surface area contributed by atoms with Gasteiger partial charge in [0.15, 0.2) is 0 Å². The number of benzene rings is 11. The first-order chi connectivity index (χ1) is 38.4. The third kappa shape index (κ3) is 6.83. The van der Waals surface area contributed by atoms with E-state index in [2.05, 4.69) is 283 Å². The minimum absolute atomic E-state index is 0.0413. The Balaban J connectivity index is 0.803. The molecule has 0 radical (unpaired) electrons. The van der Waals surface area contributed by atoms with Crippen LogP contribution in [-0.4, -0.2) is 6.10 Å². The van der Waals surface area contributed by atoms with E-state index in [1.165, 1.54) is 127 Å². The molecule has 0 N–H and O–H groups in total. The summed E-state index contributed by atoms with van der Waals surface area (Å²) in [6, 6.07) is 82.7. The SMILES string of the molecule is CC1(C)c2cc(C3=CC4c5ccccc5OC4C=C3)ccc2-c2ccc(N(c3ccc4c(c3)C(C)(C)c3cc(-c5ccc6ccccc6c5)ccc3-4)c3ccc4c(c3)C(C)(C)c3cc(-c5ccc6ccccc6c5)ccc3-4)cc21. The van der Waals surface area contributed by atoms with Crippen LogP contribution in [0.1, 0.15) is 92.0 Å². The third-order valence-electron chi connectivity index (χ3n) is 19.0. The van der Waals surface area contributed by atoms with Gasteiger partial charge in [-0.2, -0.15) is 0 Å². The summed E-state index contributed by atoms with van der Waals surface area (Å²) in [4.78, 5) is 2.54. The predicted octanol–water partition coefficient (Wildman–Crippen LogP) is 20.2. The lowest BCUT2D eigenvalue weighted by Crippen LogP contribution is -2.19. The maximum absolute atomic E-state index is 6.36. The highest BCUT2D eigenvalue weighted by Crippen LogP contribution is 2.56. The molecule has 0 saturated heterocycles. The quantitative estimate of drug-likeness (QED) is 0.165. The molecule has 378 valence electrons. The molecule has 79 heavy (non-hydrogen) atoms. The molecule has 4 aliphatic carbocycles. The monoisotopic (exact) mass is 1010 g/mol. The van der Waals surface area contributed by atoms with Gasteiger partial charge in [-0.1, -0.05) is 199 Å². The molecule has 11 aromatic rings. The Bertz CT molecular complexity index is 4330. The van der Waals surface area contributed by atoms with Gasteiger partial charge in [-0.3, -0.25) is 0 Å². The second-order valence-electron chi connectivity index (χ2n) is 24.4. The van der Waals surface area contributed by atoms with Crippen LogP contribution in [0.2, 0.25) is 0 Å². The van der Waals surface area contributed by atoms with Crippen molar-refractivity contribution in [2.45, 2.75) is 69.8 Å². The van der Waals surface area contributed by atoms with E-state index >= 15 is 0 Å². The first-order valence-electron chi connectivity index (χ1n) is 28.2. The molecule has 11 aromatic carbocycles. The summed E-state index contributed by atoms with van der Waals surface area (Å²) in [5.74, 6) is 1.21. The first kappa shape index (κ1) is 46.1. The van der Waals surface area contributed by atoms with Crippen LogP contribution >= 0.6 is 0 Å². The fourth-order valence-corrected chi connectivity index (χ4v) is 14.6. The van der Waals surface area contributed by atoms with Crippen molar-refractivity contribution in [3.8, 4) is 61.4 Å². The number of hydrogen-bond donors (Lipinski definition) is 0. The zero-order valence-electron chi connectivity index (χ0n) is 45.5. The Morgan fingerprint density at radius 2 is 0.709 bits per heavy atom. The molecular formula is C77H59NO. The van der Waals surface area contributed by atoms with Crippen molar-refractivity contribution in [2.24, 2.45) is 0 Å². The van der Waals surface area contributed by atoms with Gasteiger partial charge in [0.1, 0.15) is 11.9 Å². The Kier molecular flexibility index (Phi) is 9.65. The van der Waals surface area contributed by atoms with Crippen molar-refractivity contribution >= 4 is 44.2 Å². The smallest absolute Gasteiger partial charge is 0.128 e. The summed E-state index contributed by atoms with van der Waals surface area (Å²) in [6.07, 6.45) is 6.97. The average Bonchev–Trinajstić information content (AvgIpc) is 4.33. The molecule has 2 unspecified atom stereocenters. The highest BCUT2D eigenvalue weighted by atomic mass is 16.5. The number of hydrogen-bond acceptors (Lipinski definition) is 2. The van der Waals surface area contributed by atoms with E-state index in [-0.39, 0.29) is 28.3 Å². The number of fused-ring (bicyclic) bond motifs is 14.